The highest BCUT2D eigenvalue weighted by Gasteiger charge is 2.49. The largest absolute Gasteiger partial charge is 0.503 e. The molecule has 58 heavy (non-hydrogen) atoms. The van der Waals surface area contributed by atoms with Gasteiger partial charge in [-0.3, -0.25) is 14.4 Å². The molecule has 2 aliphatic heterocycles. The zero-order chi connectivity index (χ0) is 40.6. The molecule has 0 bridgehead atoms. The number of halogens is 3. The Morgan fingerprint density at radius 2 is 1.78 bits per heavy atom. The fourth-order valence-electron chi connectivity index (χ4n) is 9.03. The molecule has 1 unspecified atom stereocenters. The number of hydrogen-bond donors (Lipinski definition) is 2. The van der Waals surface area contributed by atoms with Crippen molar-refractivity contribution < 1.29 is 27.9 Å². The minimum absolute atomic E-state index is 0.00824. The maximum absolute atomic E-state index is 15.7. The topological polar surface area (TPSA) is 154 Å². The van der Waals surface area contributed by atoms with E-state index < -0.39 is 40.2 Å². The van der Waals surface area contributed by atoms with E-state index in [9.17, 15) is 19.5 Å². The standard InChI is InChI=1S/C41H43F3N10O4/c1-22-18-41(11-15-52(16-12-41)39(58)33-35(56)37(46-21-45-33)51-13-4-14-51)30-34(22)53(20-29(55)47-28-10-8-24(17-27(28)42)23-5-6-23)40-48-36(49-54(40)38(30)57)26-9-7-25(19-50(2)3)31(43)32(26)44/h7-10,17,21-23,56H,4-6,11-16,18-20H2,1-3H3,(H,47,55). The van der Waals surface area contributed by atoms with Gasteiger partial charge in [0.15, 0.2) is 34.7 Å². The van der Waals surface area contributed by atoms with E-state index in [-0.39, 0.29) is 72.0 Å². The van der Waals surface area contributed by atoms with E-state index in [0.29, 0.717) is 42.3 Å². The summed E-state index contributed by atoms with van der Waals surface area (Å²) in [6.45, 7) is 3.65. The van der Waals surface area contributed by atoms with Crippen LogP contribution in [0, 0.1) is 17.5 Å². The van der Waals surface area contributed by atoms with Gasteiger partial charge >= 0.3 is 0 Å². The van der Waals surface area contributed by atoms with Crippen LogP contribution in [0.4, 0.5) is 24.7 Å². The Kier molecular flexibility index (Phi) is 9.24. The van der Waals surface area contributed by atoms with Gasteiger partial charge in [0.05, 0.1) is 11.3 Å². The molecular formula is C41H43F3N10O4. The number of fused-ring (bicyclic) bond motifs is 3. The van der Waals surface area contributed by atoms with Crippen molar-refractivity contribution in [3.05, 3.63) is 92.5 Å². The lowest BCUT2D eigenvalue weighted by Gasteiger charge is -2.39. The Bertz CT molecular complexity index is 2560. The van der Waals surface area contributed by atoms with Crippen LogP contribution in [0.1, 0.15) is 90.2 Å². The summed E-state index contributed by atoms with van der Waals surface area (Å²) in [6.07, 6.45) is 5.49. The molecule has 0 radical (unpaired) electrons. The van der Waals surface area contributed by atoms with E-state index in [4.69, 9.17) is 0 Å². The summed E-state index contributed by atoms with van der Waals surface area (Å²) in [6, 6.07) is 7.59. The van der Waals surface area contributed by atoms with Gasteiger partial charge in [-0.2, -0.15) is 9.50 Å². The average Bonchev–Trinajstić information content (AvgIpc) is 3.86. The van der Waals surface area contributed by atoms with E-state index in [1.54, 1.807) is 40.6 Å². The number of aromatic nitrogens is 6. The van der Waals surface area contributed by atoms with Crippen LogP contribution in [-0.4, -0.2) is 96.1 Å². The maximum Gasteiger partial charge on any atom is 0.279 e. The maximum atomic E-state index is 15.7. The van der Waals surface area contributed by atoms with Crippen molar-refractivity contribution in [3.63, 3.8) is 0 Å². The summed E-state index contributed by atoms with van der Waals surface area (Å²) < 4.78 is 48.8. The number of rotatable bonds is 9. The van der Waals surface area contributed by atoms with Crippen LogP contribution in [0.5, 0.6) is 5.75 Å². The number of nitrogens with zero attached hydrogens (tertiary/aromatic N) is 9. The van der Waals surface area contributed by atoms with Crippen molar-refractivity contribution in [2.45, 2.75) is 75.8 Å². The number of carbonyl (C=O) groups is 2. The molecule has 2 N–H and O–H groups in total. The molecule has 17 heteroatoms. The highest BCUT2D eigenvalue weighted by Crippen LogP contribution is 2.51. The minimum atomic E-state index is -1.17. The van der Waals surface area contributed by atoms with Crippen molar-refractivity contribution >= 4 is 29.1 Å². The Balaban J connectivity index is 1.09. The van der Waals surface area contributed by atoms with E-state index >= 15 is 13.2 Å². The molecule has 4 aliphatic rings. The summed E-state index contributed by atoms with van der Waals surface area (Å²) in [5.74, 6) is -4.01. The molecule has 302 valence electrons. The molecule has 9 rings (SSSR count). The van der Waals surface area contributed by atoms with Crippen LogP contribution in [0.15, 0.2) is 41.5 Å². The Morgan fingerprint density at radius 1 is 1.02 bits per heavy atom. The number of amides is 2. The predicted molar refractivity (Wildman–Crippen MR) is 207 cm³/mol. The molecule has 3 fully saturated rings. The first-order valence-electron chi connectivity index (χ1n) is 19.7. The van der Waals surface area contributed by atoms with E-state index in [1.807, 2.05) is 11.8 Å². The zero-order valence-electron chi connectivity index (χ0n) is 32.4. The summed E-state index contributed by atoms with van der Waals surface area (Å²) in [7, 11) is 3.47. The molecule has 3 aromatic heterocycles. The lowest BCUT2D eigenvalue weighted by molar-refractivity contribution is -0.116. The zero-order valence-corrected chi connectivity index (χ0v) is 32.4. The number of anilines is 2. The van der Waals surface area contributed by atoms with Gasteiger partial charge in [0, 0.05) is 55.0 Å². The second-order valence-electron chi connectivity index (χ2n) is 16.4. The normalized spacial score (nSPS) is 18.6. The molecule has 2 saturated heterocycles. The van der Waals surface area contributed by atoms with Gasteiger partial charge in [-0.25, -0.2) is 23.1 Å². The first-order valence-corrected chi connectivity index (χ1v) is 19.7. The molecule has 2 aromatic carbocycles. The number of benzene rings is 2. The van der Waals surface area contributed by atoms with Gasteiger partial charge in [-0.05, 0) is 88.2 Å². The molecule has 1 atom stereocenters. The third kappa shape index (κ3) is 6.35. The van der Waals surface area contributed by atoms with Gasteiger partial charge in [0.25, 0.3) is 11.5 Å². The molecule has 5 heterocycles. The molecule has 14 nitrogen and oxygen atoms in total. The third-order valence-electron chi connectivity index (χ3n) is 12.2. The van der Waals surface area contributed by atoms with Crippen molar-refractivity contribution in [1.82, 2.24) is 38.9 Å². The molecule has 5 aromatic rings. The first-order chi connectivity index (χ1) is 27.8. The van der Waals surface area contributed by atoms with Gasteiger partial charge < -0.3 is 29.7 Å². The highest BCUT2D eigenvalue weighted by atomic mass is 19.2. The van der Waals surface area contributed by atoms with Crippen LogP contribution in [-0.2, 0) is 23.3 Å². The van der Waals surface area contributed by atoms with Crippen LogP contribution >= 0.6 is 0 Å². The smallest absolute Gasteiger partial charge is 0.279 e. The number of nitrogens with one attached hydrogen (secondary N) is 1. The molecule has 2 aliphatic carbocycles. The number of likely N-dealkylation sites (tertiary alicyclic amines) is 1. The molecule has 1 saturated carbocycles. The Hall–Kier alpha value is -5.84. The lowest BCUT2D eigenvalue weighted by atomic mass is 9.73. The summed E-state index contributed by atoms with van der Waals surface area (Å²) in [4.78, 5) is 60.3. The van der Waals surface area contributed by atoms with Crippen LogP contribution in [0.2, 0.25) is 0 Å². The predicted octanol–water partition coefficient (Wildman–Crippen LogP) is 4.94. The minimum Gasteiger partial charge on any atom is -0.503 e. The Morgan fingerprint density at radius 3 is 2.45 bits per heavy atom. The lowest BCUT2D eigenvalue weighted by Crippen LogP contribution is -2.47. The molecular weight excluding hydrogens is 754 g/mol. The SMILES string of the molecule is CC1CC2(CCN(C(=O)c3ncnc(N4CCC4)c3O)CC2)c2c1n(CC(=O)Nc1ccc(C3CC3)cc1F)c1nc(-c3ccc(CN(C)C)c(F)c3F)nn1c2=O. The second-order valence-corrected chi connectivity index (χ2v) is 16.4. The quantitative estimate of drug-likeness (QED) is 0.210. The monoisotopic (exact) mass is 796 g/mol. The first kappa shape index (κ1) is 37.7. The number of aromatic hydroxyl groups is 1. The van der Waals surface area contributed by atoms with Crippen molar-refractivity contribution in [2.75, 3.05) is 50.5 Å². The highest BCUT2D eigenvalue weighted by molar-refractivity contribution is 5.96. The fraction of sp³-hybridized carbons (Fsp3) is 0.439. The average molecular weight is 797 g/mol. The van der Waals surface area contributed by atoms with Gasteiger partial charge in [-0.15, -0.1) is 5.10 Å². The van der Waals surface area contributed by atoms with Crippen molar-refractivity contribution in [3.8, 4) is 17.1 Å². The Labute approximate surface area is 331 Å². The number of carbonyl (C=O) groups excluding carboxylic acids is 2. The van der Waals surface area contributed by atoms with Crippen molar-refractivity contribution in [2.24, 2.45) is 0 Å². The van der Waals surface area contributed by atoms with Crippen LogP contribution in [0.25, 0.3) is 17.2 Å². The summed E-state index contributed by atoms with van der Waals surface area (Å²) in [5, 5.41) is 18.1. The molecule has 1 spiro atoms. The molecule has 2 amide bonds. The number of piperidine rings is 1. The third-order valence-corrected chi connectivity index (χ3v) is 12.2. The summed E-state index contributed by atoms with van der Waals surface area (Å²) in [5.41, 5.74) is 0.369. The number of hydrogen-bond acceptors (Lipinski definition) is 10. The van der Waals surface area contributed by atoms with E-state index in [0.717, 1.165) is 42.4 Å². The second kappa shape index (κ2) is 14.2. The fourth-order valence-corrected chi connectivity index (χ4v) is 9.03. The summed E-state index contributed by atoms with van der Waals surface area (Å²) >= 11 is 0. The van der Waals surface area contributed by atoms with Crippen LogP contribution < -0.4 is 15.8 Å². The van der Waals surface area contributed by atoms with E-state index in [1.165, 1.54) is 24.5 Å². The van der Waals surface area contributed by atoms with Gasteiger partial charge in [-0.1, -0.05) is 19.1 Å². The van der Waals surface area contributed by atoms with Crippen molar-refractivity contribution in [1.29, 1.82) is 0 Å². The van der Waals surface area contributed by atoms with Gasteiger partial charge in [0.1, 0.15) is 18.7 Å². The van der Waals surface area contributed by atoms with Crippen LogP contribution in [0.3, 0.4) is 0 Å². The van der Waals surface area contributed by atoms with Gasteiger partial charge in [0.2, 0.25) is 11.7 Å². The van der Waals surface area contributed by atoms with E-state index in [2.05, 4.69) is 25.4 Å².